The van der Waals surface area contributed by atoms with Gasteiger partial charge in [0.2, 0.25) is 0 Å². The van der Waals surface area contributed by atoms with Crippen molar-refractivity contribution in [2.24, 2.45) is 28.9 Å². The largest absolute Gasteiger partial charge is 0.464 e. The maximum Gasteiger partial charge on any atom is 0.311 e. The zero-order chi connectivity index (χ0) is 17.4. The molecule has 1 aliphatic heterocycles. The van der Waals surface area contributed by atoms with Crippen molar-refractivity contribution in [3.63, 3.8) is 0 Å². The first-order chi connectivity index (χ1) is 11.9. The highest BCUT2D eigenvalue weighted by atomic mass is 16.5. The monoisotopic (exact) mass is 337 g/mol. The second kappa shape index (κ2) is 5.14. The third kappa shape index (κ3) is 2.13. The third-order valence-electron chi connectivity index (χ3n) is 7.96. The van der Waals surface area contributed by atoms with Gasteiger partial charge in [-0.2, -0.15) is 0 Å². The first kappa shape index (κ1) is 16.0. The van der Waals surface area contributed by atoms with Crippen molar-refractivity contribution in [2.45, 2.75) is 57.9 Å². The Hall–Kier alpha value is -1.26. The van der Waals surface area contributed by atoms with Crippen LogP contribution in [0.4, 0.5) is 0 Å². The Morgan fingerprint density at radius 1 is 1.20 bits per heavy atom. The minimum absolute atomic E-state index is 0.0268. The van der Waals surface area contributed by atoms with Crippen molar-refractivity contribution in [3.8, 4) is 0 Å². The molecule has 1 aromatic heterocycles. The normalized spacial score (nSPS) is 37.0. The van der Waals surface area contributed by atoms with Crippen LogP contribution in [0, 0.1) is 23.2 Å². The number of para-hydroxylation sites is 1. The Balaban J connectivity index is 1.35. The van der Waals surface area contributed by atoms with Crippen LogP contribution in [0.5, 0.6) is 0 Å². The average molecular weight is 337 g/mol. The van der Waals surface area contributed by atoms with E-state index in [1.807, 2.05) is 18.4 Å². The highest BCUT2D eigenvalue weighted by molar-refractivity contribution is 6.54. The average Bonchev–Trinajstić information content (AvgIpc) is 3.15. The lowest BCUT2D eigenvalue weighted by Gasteiger charge is -2.65. The molecular weight excluding hydrogens is 309 g/mol. The van der Waals surface area contributed by atoms with E-state index in [9.17, 15) is 0 Å². The maximum atomic E-state index is 6.71. The van der Waals surface area contributed by atoms with E-state index in [1.165, 1.54) is 23.8 Å². The van der Waals surface area contributed by atoms with E-state index in [2.05, 4.69) is 32.9 Å². The molecule has 3 saturated carbocycles. The lowest BCUT2D eigenvalue weighted by Crippen LogP contribution is -2.63. The van der Waals surface area contributed by atoms with Crippen LogP contribution in [-0.4, -0.2) is 18.5 Å². The van der Waals surface area contributed by atoms with Crippen LogP contribution in [0.1, 0.15) is 39.2 Å². The zero-order valence-corrected chi connectivity index (χ0v) is 15.5. The Morgan fingerprint density at radius 2 is 2.00 bits per heavy atom. The summed E-state index contributed by atoms with van der Waals surface area (Å²) in [4.78, 5) is 0. The molecule has 3 unspecified atom stereocenters. The smallest absolute Gasteiger partial charge is 0.311 e. The van der Waals surface area contributed by atoms with Gasteiger partial charge in [-0.3, -0.25) is 0 Å². The van der Waals surface area contributed by atoms with E-state index in [-0.39, 0.29) is 18.5 Å². The summed E-state index contributed by atoms with van der Waals surface area (Å²) in [5.74, 6) is 2.29. The molecule has 5 atom stereocenters. The summed E-state index contributed by atoms with van der Waals surface area (Å²) in [6.07, 6.45) is 6.47. The molecule has 0 spiro atoms. The van der Waals surface area contributed by atoms with Crippen LogP contribution in [0.15, 0.2) is 34.9 Å². The van der Waals surface area contributed by atoms with Crippen molar-refractivity contribution in [2.75, 3.05) is 0 Å². The van der Waals surface area contributed by atoms with E-state index in [0.29, 0.717) is 17.3 Å². The summed E-state index contributed by atoms with van der Waals surface area (Å²) in [6.45, 7) is 7.39. The molecule has 0 radical (unpaired) electrons. The molecule has 25 heavy (non-hydrogen) atoms. The minimum atomic E-state index is 0.0268. The van der Waals surface area contributed by atoms with Crippen molar-refractivity contribution in [1.29, 1.82) is 0 Å². The van der Waals surface area contributed by atoms with E-state index in [0.717, 1.165) is 24.2 Å². The van der Waals surface area contributed by atoms with Crippen LogP contribution in [0.2, 0.25) is 6.32 Å². The van der Waals surface area contributed by atoms with Crippen LogP contribution >= 0.6 is 0 Å². The summed E-state index contributed by atoms with van der Waals surface area (Å²) in [5.41, 5.74) is 9.25. The Kier molecular flexibility index (Phi) is 3.28. The van der Waals surface area contributed by atoms with Gasteiger partial charge in [0.15, 0.2) is 0 Å². The summed E-state index contributed by atoms with van der Waals surface area (Å²) in [7, 11) is 0. The van der Waals surface area contributed by atoms with E-state index in [1.54, 1.807) is 0 Å². The molecule has 4 aliphatic rings. The molecular formula is C21H28BNO2. The number of furan rings is 1. The molecule has 0 amide bonds. The summed E-state index contributed by atoms with van der Waals surface area (Å²) >= 11 is 0. The fraction of sp³-hybridized carbons (Fsp3) is 0.619. The highest BCUT2D eigenvalue weighted by Crippen LogP contribution is 2.68. The van der Waals surface area contributed by atoms with Crippen molar-refractivity contribution < 1.29 is 9.07 Å². The van der Waals surface area contributed by atoms with Gasteiger partial charge in [0.25, 0.3) is 0 Å². The van der Waals surface area contributed by atoms with Crippen LogP contribution in [-0.2, 0) is 11.1 Å². The zero-order valence-electron chi connectivity index (χ0n) is 15.5. The van der Waals surface area contributed by atoms with Crippen molar-refractivity contribution >= 4 is 17.9 Å². The van der Waals surface area contributed by atoms with Gasteiger partial charge < -0.3 is 14.8 Å². The minimum Gasteiger partial charge on any atom is -0.464 e. The van der Waals surface area contributed by atoms with E-state index < -0.39 is 0 Å². The van der Waals surface area contributed by atoms with E-state index >= 15 is 0 Å². The number of nitrogens with two attached hydrogens (primary N) is 1. The van der Waals surface area contributed by atoms with Gasteiger partial charge in [-0.25, -0.2) is 0 Å². The molecule has 3 nitrogen and oxygen atoms in total. The highest BCUT2D eigenvalue weighted by Gasteiger charge is 2.67. The van der Waals surface area contributed by atoms with Gasteiger partial charge in [-0.05, 0) is 67.3 Å². The molecule has 6 rings (SSSR count). The molecule has 3 aliphatic carbocycles. The van der Waals surface area contributed by atoms with Gasteiger partial charge in [-0.1, -0.05) is 32.0 Å². The summed E-state index contributed by atoms with van der Waals surface area (Å²) < 4.78 is 12.4. The number of fused-ring (bicyclic) bond motifs is 1. The lowest BCUT2D eigenvalue weighted by molar-refractivity contribution is -0.197. The first-order valence-electron chi connectivity index (χ1n) is 9.78. The quantitative estimate of drug-likeness (QED) is 0.850. The van der Waals surface area contributed by atoms with Gasteiger partial charge in [-0.15, -0.1) is 0 Å². The standard InChI is InChI=1S/C21H28BNO2/c1-20(2)14-9-15-11-22(25-21(15,3)18(20)10-14)19(23)8-13-12-24-17-7-5-4-6-16(13)17/h4-7,12,14-15,18-19H,8-11,23H2,1-3H3/t14?,15-,18?,19?,21+/m0/s1. The maximum absolute atomic E-state index is 6.71. The van der Waals surface area contributed by atoms with Gasteiger partial charge in [0.05, 0.1) is 11.9 Å². The number of benzene rings is 1. The second-order valence-corrected chi connectivity index (χ2v) is 9.44. The Labute approximate surface area is 150 Å². The fourth-order valence-electron chi connectivity index (χ4n) is 6.25. The number of hydrogen-bond acceptors (Lipinski definition) is 3. The SMILES string of the molecule is CC1(C)C2CC1[C@]1(C)OB(C(N)Cc3coc4ccccc34)C[C@@H]1C2. The molecule has 1 aromatic carbocycles. The van der Waals surface area contributed by atoms with Crippen LogP contribution in [0.3, 0.4) is 0 Å². The topological polar surface area (TPSA) is 48.4 Å². The Morgan fingerprint density at radius 3 is 2.80 bits per heavy atom. The van der Waals surface area contributed by atoms with Crippen molar-refractivity contribution in [1.82, 2.24) is 0 Å². The van der Waals surface area contributed by atoms with Crippen LogP contribution in [0.25, 0.3) is 11.0 Å². The third-order valence-corrected chi connectivity index (χ3v) is 7.96. The number of hydrogen-bond donors (Lipinski definition) is 1. The molecule has 4 fully saturated rings. The summed E-state index contributed by atoms with van der Waals surface area (Å²) in [6, 6.07) is 8.20. The molecule has 2 N–H and O–H groups in total. The van der Waals surface area contributed by atoms with E-state index in [4.69, 9.17) is 14.8 Å². The molecule has 132 valence electrons. The lowest BCUT2D eigenvalue weighted by atomic mass is 9.41. The summed E-state index contributed by atoms with van der Waals surface area (Å²) in [5, 5.41) is 1.18. The fourth-order valence-corrected chi connectivity index (χ4v) is 6.25. The predicted octanol–water partition coefficient (Wildman–Crippen LogP) is 4.30. The Bertz CT molecular complexity index is 815. The van der Waals surface area contributed by atoms with Gasteiger partial charge >= 0.3 is 6.92 Å². The molecule has 4 heteroatoms. The molecule has 2 heterocycles. The molecule has 2 aromatic rings. The van der Waals surface area contributed by atoms with Gasteiger partial charge in [0, 0.05) is 11.3 Å². The van der Waals surface area contributed by atoms with Gasteiger partial charge in [0.1, 0.15) is 5.58 Å². The predicted molar refractivity (Wildman–Crippen MR) is 101 cm³/mol. The second-order valence-electron chi connectivity index (χ2n) is 9.44. The molecule has 2 bridgehead atoms. The first-order valence-corrected chi connectivity index (χ1v) is 9.78. The van der Waals surface area contributed by atoms with Crippen LogP contribution < -0.4 is 5.73 Å². The molecule has 1 saturated heterocycles. The number of rotatable bonds is 3. The van der Waals surface area contributed by atoms with Crippen molar-refractivity contribution in [3.05, 3.63) is 36.1 Å².